The number of urea groups is 1. The lowest BCUT2D eigenvalue weighted by molar-refractivity contribution is 0.169. The van der Waals surface area contributed by atoms with Gasteiger partial charge in [0.15, 0.2) is 0 Å². The highest BCUT2D eigenvalue weighted by Gasteiger charge is 2.08. The topological polar surface area (TPSA) is 108 Å². The molecule has 0 heterocycles. The molecule has 72 valence electrons. The first-order valence-corrected chi connectivity index (χ1v) is 3.70. The van der Waals surface area contributed by atoms with Crippen LogP contribution in [0.4, 0.5) is 4.79 Å². The van der Waals surface area contributed by atoms with Crippen molar-refractivity contribution in [1.29, 1.82) is 0 Å². The smallest absolute Gasteiger partial charge is 0.315 e. The Morgan fingerprint density at radius 2 is 2.00 bits per heavy atom. The van der Waals surface area contributed by atoms with Crippen LogP contribution in [-0.4, -0.2) is 48.6 Å². The summed E-state index contributed by atoms with van der Waals surface area (Å²) in [5.74, 6) is 0. The second kappa shape index (κ2) is 6.84. The highest BCUT2D eigenvalue weighted by molar-refractivity contribution is 5.74. The van der Waals surface area contributed by atoms with E-state index in [9.17, 15) is 4.79 Å². The van der Waals surface area contributed by atoms with Crippen molar-refractivity contribution in [2.75, 3.05) is 26.3 Å². The van der Waals surface area contributed by atoms with Gasteiger partial charge in [0.2, 0.25) is 0 Å². The number of hydrogen-bond acceptors (Lipinski definition) is 4. The molecule has 0 aliphatic carbocycles. The zero-order valence-electron chi connectivity index (χ0n) is 6.79. The van der Waals surface area contributed by atoms with Crippen molar-refractivity contribution >= 4 is 6.03 Å². The lowest BCUT2D eigenvalue weighted by Gasteiger charge is -2.13. The van der Waals surface area contributed by atoms with Crippen molar-refractivity contribution < 1.29 is 15.0 Å². The Balaban J connectivity index is 3.52. The summed E-state index contributed by atoms with van der Waals surface area (Å²) in [4.78, 5) is 10.8. The van der Waals surface area contributed by atoms with Gasteiger partial charge in [0.25, 0.3) is 0 Å². The fourth-order valence-electron chi connectivity index (χ4n) is 0.571. The van der Waals surface area contributed by atoms with E-state index in [1.54, 1.807) is 0 Å². The number of aliphatic hydroxyl groups is 2. The van der Waals surface area contributed by atoms with Crippen LogP contribution in [-0.2, 0) is 0 Å². The van der Waals surface area contributed by atoms with Gasteiger partial charge in [-0.05, 0) is 0 Å². The summed E-state index contributed by atoms with van der Waals surface area (Å²) in [7, 11) is 0. The van der Waals surface area contributed by atoms with Crippen LogP contribution in [0, 0.1) is 0 Å². The van der Waals surface area contributed by atoms with Crippen molar-refractivity contribution in [3.63, 3.8) is 0 Å². The first-order chi connectivity index (χ1) is 5.74. The molecule has 0 radical (unpaired) electrons. The SMILES string of the molecule is NCCNC(=O)NC(CO)CO. The van der Waals surface area contributed by atoms with Gasteiger partial charge < -0.3 is 26.6 Å². The van der Waals surface area contributed by atoms with Crippen LogP contribution in [0.25, 0.3) is 0 Å². The molecule has 0 saturated carbocycles. The van der Waals surface area contributed by atoms with Crippen LogP contribution >= 0.6 is 0 Å². The predicted octanol–water partition coefficient (Wildman–Crippen LogP) is -2.40. The standard InChI is InChI=1S/C6H15N3O3/c7-1-2-8-6(12)9-5(3-10)4-11/h5,10-11H,1-4,7H2,(H2,8,9,12). The Labute approximate surface area is 70.8 Å². The van der Waals surface area contributed by atoms with Crippen molar-refractivity contribution in [3.8, 4) is 0 Å². The number of carbonyl (C=O) groups excluding carboxylic acids is 1. The van der Waals surface area contributed by atoms with E-state index >= 15 is 0 Å². The highest BCUT2D eigenvalue weighted by atomic mass is 16.3. The van der Waals surface area contributed by atoms with E-state index in [2.05, 4.69) is 10.6 Å². The zero-order chi connectivity index (χ0) is 9.40. The number of amides is 2. The van der Waals surface area contributed by atoms with E-state index < -0.39 is 12.1 Å². The number of aliphatic hydroxyl groups excluding tert-OH is 2. The fraction of sp³-hybridized carbons (Fsp3) is 0.833. The first-order valence-electron chi connectivity index (χ1n) is 3.70. The molecule has 0 rings (SSSR count). The van der Waals surface area contributed by atoms with Gasteiger partial charge >= 0.3 is 6.03 Å². The van der Waals surface area contributed by atoms with Crippen molar-refractivity contribution in [3.05, 3.63) is 0 Å². The lowest BCUT2D eigenvalue weighted by Crippen LogP contribution is -2.46. The molecule has 0 spiro atoms. The maximum Gasteiger partial charge on any atom is 0.315 e. The van der Waals surface area contributed by atoms with Crippen molar-refractivity contribution in [2.45, 2.75) is 6.04 Å². The fourth-order valence-corrected chi connectivity index (χ4v) is 0.571. The Morgan fingerprint density at radius 3 is 2.42 bits per heavy atom. The van der Waals surface area contributed by atoms with Crippen molar-refractivity contribution in [2.24, 2.45) is 5.73 Å². The lowest BCUT2D eigenvalue weighted by atomic mass is 10.3. The average Bonchev–Trinajstić information content (AvgIpc) is 2.10. The molecule has 0 aliphatic heterocycles. The van der Waals surface area contributed by atoms with Gasteiger partial charge in [-0.1, -0.05) is 0 Å². The molecule has 0 saturated heterocycles. The molecule has 0 unspecified atom stereocenters. The summed E-state index contributed by atoms with van der Waals surface area (Å²) in [6.07, 6.45) is 0. The molecule has 2 amide bonds. The second-order valence-corrected chi connectivity index (χ2v) is 2.25. The van der Waals surface area contributed by atoms with Crippen LogP contribution in [0.5, 0.6) is 0 Å². The molecule has 0 fully saturated rings. The second-order valence-electron chi connectivity index (χ2n) is 2.25. The van der Waals surface area contributed by atoms with E-state index in [0.29, 0.717) is 13.1 Å². The molecule has 0 aromatic heterocycles. The Kier molecular flexibility index (Phi) is 6.35. The van der Waals surface area contributed by atoms with Gasteiger partial charge in [-0.15, -0.1) is 0 Å². The maximum atomic E-state index is 10.8. The number of rotatable bonds is 5. The first kappa shape index (κ1) is 11.2. The number of hydrogen-bond donors (Lipinski definition) is 5. The van der Waals surface area contributed by atoms with Gasteiger partial charge in [0.05, 0.1) is 19.3 Å². The molecular formula is C6H15N3O3. The average molecular weight is 177 g/mol. The van der Waals surface area contributed by atoms with Crippen LogP contribution in [0.3, 0.4) is 0 Å². The molecule has 6 heteroatoms. The van der Waals surface area contributed by atoms with E-state index in [-0.39, 0.29) is 13.2 Å². The third kappa shape index (κ3) is 4.89. The Morgan fingerprint density at radius 1 is 1.42 bits per heavy atom. The van der Waals surface area contributed by atoms with Gasteiger partial charge in [0.1, 0.15) is 0 Å². The molecule has 0 aliphatic rings. The Bertz CT molecular complexity index is 127. The summed E-state index contributed by atoms with van der Waals surface area (Å²) < 4.78 is 0. The van der Waals surface area contributed by atoms with Crippen LogP contribution in [0.2, 0.25) is 0 Å². The molecule has 12 heavy (non-hydrogen) atoms. The molecule has 6 nitrogen and oxygen atoms in total. The monoisotopic (exact) mass is 177 g/mol. The third-order valence-corrected chi connectivity index (χ3v) is 1.21. The quantitative estimate of drug-likeness (QED) is 0.322. The minimum Gasteiger partial charge on any atom is -0.394 e. The molecule has 0 aromatic carbocycles. The third-order valence-electron chi connectivity index (χ3n) is 1.21. The molecule has 0 bridgehead atoms. The van der Waals surface area contributed by atoms with E-state index in [1.165, 1.54) is 0 Å². The minimum absolute atomic E-state index is 0.285. The summed E-state index contributed by atoms with van der Waals surface area (Å²) in [5.41, 5.74) is 5.13. The van der Waals surface area contributed by atoms with Gasteiger partial charge in [0, 0.05) is 13.1 Å². The molecular weight excluding hydrogens is 162 g/mol. The molecule has 6 N–H and O–H groups in total. The van der Waals surface area contributed by atoms with Crippen molar-refractivity contribution in [1.82, 2.24) is 10.6 Å². The van der Waals surface area contributed by atoms with E-state index in [0.717, 1.165) is 0 Å². The Hall–Kier alpha value is -0.850. The van der Waals surface area contributed by atoms with Crippen LogP contribution < -0.4 is 16.4 Å². The number of carbonyl (C=O) groups is 1. The largest absolute Gasteiger partial charge is 0.394 e. The summed E-state index contributed by atoms with van der Waals surface area (Å²) >= 11 is 0. The minimum atomic E-state index is -0.609. The predicted molar refractivity (Wildman–Crippen MR) is 43.5 cm³/mol. The van der Waals surface area contributed by atoms with Gasteiger partial charge in [-0.2, -0.15) is 0 Å². The summed E-state index contributed by atoms with van der Waals surface area (Å²) in [6.45, 7) is 0.158. The highest BCUT2D eigenvalue weighted by Crippen LogP contribution is 1.78. The molecule has 0 atom stereocenters. The summed E-state index contributed by atoms with van der Waals surface area (Å²) in [5, 5.41) is 21.9. The summed E-state index contributed by atoms with van der Waals surface area (Å²) in [6, 6.07) is -1.05. The number of nitrogens with two attached hydrogens (primary N) is 1. The van der Waals surface area contributed by atoms with Gasteiger partial charge in [-0.25, -0.2) is 4.79 Å². The molecule has 0 aromatic rings. The van der Waals surface area contributed by atoms with Crippen LogP contribution in [0.15, 0.2) is 0 Å². The van der Waals surface area contributed by atoms with Crippen LogP contribution in [0.1, 0.15) is 0 Å². The van der Waals surface area contributed by atoms with E-state index in [1.807, 2.05) is 0 Å². The zero-order valence-corrected chi connectivity index (χ0v) is 6.79. The van der Waals surface area contributed by atoms with Gasteiger partial charge in [-0.3, -0.25) is 0 Å². The normalized spacial score (nSPS) is 10.0. The maximum absolute atomic E-state index is 10.8. The van der Waals surface area contributed by atoms with E-state index in [4.69, 9.17) is 15.9 Å². The number of nitrogens with one attached hydrogen (secondary N) is 2.